The van der Waals surface area contributed by atoms with Gasteiger partial charge in [-0.3, -0.25) is 15.1 Å². The van der Waals surface area contributed by atoms with Gasteiger partial charge in [-0.25, -0.2) is 4.98 Å². The Morgan fingerprint density at radius 3 is 2.79 bits per heavy atom. The summed E-state index contributed by atoms with van der Waals surface area (Å²) in [6, 6.07) is 12.0. The van der Waals surface area contributed by atoms with Crippen LogP contribution in [0, 0.1) is 0 Å². The number of nitrogens with zero attached hydrogens (tertiary/aromatic N) is 2. The lowest BCUT2D eigenvalue weighted by Gasteiger charge is -2.02. The smallest absolute Gasteiger partial charge is 0.257 e. The molecule has 116 valence electrons. The second-order valence-electron chi connectivity index (χ2n) is 5.93. The van der Waals surface area contributed by atoms with Gasteiger partial charge in [-0.1, -0.05) is 29.5 Å². The van der Waals surface area contributed by atoms with Crippen LogP contribution in [0.1, 0.15) is 21.5 Å². The van der Waals surface area contributed by atoms with Gasteiger partial charge in [-0.2, -0.15) is 0 Å². The normalized spacial score (nSPS) is 12.8. The van der Waals surface area contributed by atoms with Crippen LogP contribution in [0.15, 0.2) is 48.8 Å². The Balaban J connectivity index is 1.61. The number of carbonyl (C=O) groups excluding carboxylic acids is 1. The van der Waals surface area contributed by atoms with E-state index >= 15 is 0 Å². The van der Waals surface area contributed by atoms with Crippen LogP contribution in [0.25, 0.3) is 21.0 Å². The van der Waals surface area contributed by atoms with Gasteiger partial charge in [0.1, 0.15) is 0 Å². The van der Waals surface area contributed by atoms with E-state index < -0.39 is 0 Å². The predicted octanol–water partition coefficient (Wildman–Crippen LogP) is 4.20. The monoisotopic (exact) mass is 331 g/mol. The fourth-order valence-corrected chi connectivity index (χ4v) is 4.37. The second-order valence-corrected chi connectivity index (χ2v) is 6.96. The highest BCUT2D eigenvalue weighted by molar-refractivity contribution is 7.22. The van der Waals surface area contributed by atoms with Crippen molar-refractivity contribution in [1.82, 2.24) is 9.97 Å². The van der Waals surface area contributed by atoms with Crippen LogP contribution in [-0.4, -0.2) is 15.9 Å². The molecule has 0 aliphatic heterocycles. The minimum atomic E-state index is -0.159. The number of anilines is 1. The van der Waals surface area contributed by atoms with Gasteiger partial charge in [0.25, 0.3) is 5.91 Å². The molecular formula is C19H13N3OS. The Morgan fingerprint density at radius 2 is 1.92 bits per heavy atom. The first-order valence-electron chi connectivity index (χ1n) is 7.85. The van der Waals surface area contributed by atoms with Crippen molar-refractivity contribution in [2.45, 2.75) is 12.8 Å². The number of pyridine rings is 1. The van der Waals surface area contributed by atoms with E-state index in [1.165, 1.54) is 33.2 Å². The summed E-state index contributed by atoms with van der Waals surface area (Å²) in [7, 11) is 0. The number of amides is 1. The lowest BCUT2D eigenvalue weighted by Crippen LogP contribution is -2.11. The van der Waals surface area contributed by atoms with Gasteiger partial charge in [-0.05, 0) is 47.6 Å². The van der Waals surface area contributed by atoms with Crippen LogP contribution in [0.3, 0.4) is 0 Å². The SMILES string of the molecule is O=C(Nc1nc2c(cc3c4c(cccc42)CC3)s1)c1ccncc1. The third-order valence-corrected chi connectivity index (χ3v) is 5.43. The van der Waals surface area contributed by atoms with Crippen LogP contribution in [0.5, 0.6) is 0 Å². The van der Waals surface area contributed by atoms with Gasteiger partial charge in [0, 0.05) is 23.3 Å². The van der Waals surface area contributed by atoms with Crippen molar-refractivity contribution < 1.29 is 4.79 Å². The minimum Gasteiger partial charge on any atom is -0.298 e. The van der Waals surface area contributed by atoms with Gasteiger partial charge in [0.15, 0.2) is 5.13 Å². The van der Waals surface area contributed by atoms with E-state index in [-0.39, 0.29) is 5.91 Å². The van der Waals surface area contributed by atoms with E-state index in [9.17, 15) is 4.79 Å². The third kappa shape index (κ3) is 2.02. The van der Waals surface area contributed by atoms with E-state index in [0.29, 0.717) is 10.7 Å². The first kappa shape index (κ1) is 13.6. The number of rotatable bonds is 2. The highest BCUT2D eigenvalue weighted by Crippen LogP contribution is 2.39. The first-order valence-corrected chi connectivity index (χ1v) is 8.66. The van der Waals surface area contributed by atoms with Gasteiger partial charge in [-0.15, -0.1) is 0 Å². The van der Waals surface area contributed by atoms with Crippen molar-refractivity contribution in [2.24, 2.45) is 0 Å². The number of hydrogen-bond acceptors (Lipinski definition) is 4. The van der Waals surface area contributed by atoms with Crippen molar-refractivity contribution in [3.05, 3.63) is 65.5 Å². The maximum absolute atomic E-state index is 12.3. The Bertz CT molecular complexity index is 1100. The summed E-state index contributed by atoms with van der Waals surface area (Å²) in [5.74, 6) is -0.159. The molecule has 0 spiro atoms. The first-order chi connectivity index (χ1) is 11.8. The standard InChI is InChI=1S/C19H13N3OS/c23-18(12-6-8-20-9-7-12)22-19-21-17-14-3-1-2-11-4-5-13(16(11)14)10-15(17)24-19/h1-3,6-10H,4-5H2,(H,21,22,23). The Kier molecular flexibility index (Phi) is 2.90. The summed E-state index contributed by atoms with van der Waals surface area (Å²) in [4.78, 5) is 20.9. The molecule has 1 aliphatic carbocycles. The molecule has 5 rings (SSSR count). The molecule has 4 aromatic rings. The summed E-state index contributed by atoms with van der Waals surface area (Å²) < 4.78 is 1.13. The average molecular weight is 331 g/mol. The molecule has 1 amide bonds. The molecular weight excluding hydrogens is 318 g/mol. The fraction of sp³-hybridized carbons (Fsp3) is 0.105. The summed E-state index contributed by atoms with van der Waals surface area (Å²) in [6.07, 6.45) is 5.42. The molecule has 5 heteroatoms. The number of aryl methyl sites for hydroxylation is 2. The summed E-state index contributed by atoms with van der Waals surface area (Å²) in [6.45, 7) is 0. The predicted molar refractivity (Wildman–Crippen MR) is 96.7 cm³/mol. The molecule has 2 aromatic carbocycles. The van der Waals surface area contributed by atoms with E-state index in [2.05, 4.69) is 39.6 Å². The van der Waals surface area contributed by atoms with Gasteiger partial charge >= 0.3 is 0 Å². The zero-order valence-corrected chi connectivity index (χ0v) is 13.6. The average Bonchev–Trinajstić information content (AvgIpc) is 3.21. The van der Waals surface area contributed by atoms with E-state index in [4.69, 9.17) is 0 Å². The minimum absolute atomic E-state index is 0.159. The topological polar surface area (TPSA) is 54.9 Å². The molecule has 0 unspecified atom stereocenters. The largest absolute Gasteiger partial charge is 0.298 e. The van der Waals surface area contributed by atoms with Crippen molar-refractivity contribution in [3.63, 3.8) is 0 Å². The zero-order valence-electron chi connectivity index (χ0n) is 12.7. The molecule has 0 atom stereocenters. The third-order valence-electron chi connectivity index (χ3n) is 4.51. The molecule has 0 radical (unpaired) electrons. The molecule has 1 N–H and O–H groups in total. The lowest BCUT2D eigenvalue weighted by atomic mass is 10.0. The van der Waals surface area contributed by atoms with Crippen LogP contribution in [-0.2, 0) is 12.8 Å². The Morgan fingerprint density at radius 1 is 1.08 bits per heavy atom. The number of fused-ring (bicyclic) bond motifs is 2. The molecule has 4 nitrogen and oxygen atoms in total. The van der Waals surface area contributed by atoms with Crippen LogP contribution >= 0.6 is 11.3 Å². The molecule has 24 heavy (non-hydrogen) atoms. The number of thiazole rings is 1. The highest BCUT2D eigenvalue weighted by Gasteiger charge is 2.19. The quantitative estimate of drug-likeness (QED) is 0.599. The van der Waals surface area contributed by atoms with E-state index in [1.54, 1.807) is 24.5 Å². The number of carbonyl (C=O) groups is 1. The van der Waals surface area contributed by atoms with Crippen molar-refractivity contribution in [2.75, 3.05) is 5.32 Å². The number of benzene rings is 2. The Labute approximate surface area is 142 Å². The second kappa shape index (κ2) is 5.11. The molecule has 0 saturated heterocycles. The number of aromatic nitrogens is 2. The summed E-state index contributed by atoms with van der Waals surface area (Å²) in [5.41, 5.74) is 4.36. The maximum Gasteiger partial charge on any atom is 0.257 e. The molecule has 1 aliphatic rings. The summed E-state index contributed by atoms with van der Waals surface area (Å²) >= 11 is 1.53. The highest BCUT2D eigenvalue weighted by atomic mass is 32.1. The Hall–Kier alpha value is -2.79. The van der Waals surface area contributed by atoms with Gasteiger partial charge in [0.2, 0.25) is 0 Å². The van der Waals surface area contributed by atoms with E-state index in [1.807, 2.05) is 0 Å². The van der Waals surface area contributed by atoms with Crippen LogP contribution in [0.2, 0.25) is 0 Å². The molecule has 0 fully saturated rings. The van der Waals surface area contributed by atoms with Crippen molar-refractivity contribution >= 4 is 43.4 Å². The van der Waals surface area contributed by atoms with Crippen LogP contribution in [0.4, 0.5) is 5.13 Å². The van der Waals surface area contributed by atoms with Gasteiger partial charge in [0.05, 0.1) is 10.2 Å². The molecule has 2 aromatic heterocycles. The zero-order chi connectivity index (χ0) is 16.1. The number of nitrogens with one attached hydrogen (secondary N) is 1. The van der Waals surface area contributed by atoms with Crippen LogP contribution < -0.4 is 5.32 Å². The van der Waals surface area contributed by atoms with Crippen molar-refractivity contribution in [3.8, 4) is 0 Å². The molecule has 0 saturated carbocycles. The molecule has 2 heterocycles. The number of hydrogen-bond donors (Lipinski definition) is 1. The van der Waals surface area contributed by atoms with Crippen molar-refractivity contribution in [1.29, 1.82) is 0 Å². The molecule has 0 bridgehead atoms. The maximum atomic E-state index is 12.3. The van der Waals surface area contributed by atoms with Gasteiger partial charge < -0.3 is 0 Å². The van der Waals surface area contributed by atoms with E-state index in [0.717, 1.165) is 23.1 Å². The fourth-order valence-electron chi connectivity index (χ4n) is 3.43. The summed E-state index contributed by atoms with van der Waals surface area (Å²) in [5, 5.41) is 6.08. The lowest BCUT2D eigenvalue weighted by molar-refractivity contribution is 0.102.